The van der Waals surface area contributed by atoms with E-state index in [1.54, 1.807) is 0 Å². The quantitative estimate of drug-likeness (QED) is 0.505. The first-order chi connectivity index (χ1) is 14.3. The molecule has 3 aromatic rings. The van der Waals surface area contributed by atoms with E-state index in [2.05, 4.69) is 41.6 Å². The molecule has 6 nitrogen and oxygen atoms in total. The van der Waals surface area contributed by atoms with Gasteiger partial charge in [-0.3, -0.25) is 15.3 Å². The summed E-state index contributed by atoms with van der Waals surface area (Å²) in [5.41, 5.74) is 6.23. The molecular weight excluding hydrogens is 396 g/mol. The number of rotatable bonds is 8. The van der Waals surface area contributed by atoms with Crippen LogP contribution in [0.4, 0.5) is 0 Å². The van der Waals surface area contributed by atoms with Crippen molar-refractivity contribution in [3.8, 4) is 5.75 Å². The molecule has 2 aromatic carbocycles. The number of nitrogens with one attached hydrogen (secondary N) is 2. The molecule has 0 aliphatic rings. The van der Waals surface area contributed by atoms with Gasteiger partial charge in [0.15, 0.2) is 5.82 Å². The molecule has 0 aliphatic carbocycles. The molecule has 0 radical (unpaired) electrons. The Morgan fingerprint density at radius 3 is 2.43 bits per heavy atom. The summed E-state index contributed by atoms with van der Waals surface area (Å²) in [5, 5.41) is 6.89. The molecule has 0 bridgehead atoms. The summed E-state index contributed by atoms with van der Waals surface area (Å²) in [5.74, 6) is 1.32. The minimum atomic E-state index is -0.333. The van der Waals surface area contributed by atoms with Crippen LogP contribution in [0.25, 0.3) is 0 Å². The van der Waals surface area contributed by atoms with E-state index in [0.29, 0.717) is 16.5 Å². The van der Waals surface area contributed by atoms with Gasteiger partial charge in [-0.2, -0.15) is 5.10 Å². The van der Waals surface area contributed by atoms with Crippen LogP contribution in [0, 0.1) is 17.6 Å². The van der Waals surface area contributed by atoms with Crippen molar-refractivity contribution in [2.75, 3.05) is 5.43 Å². The highest BCUT2D eigenvalue weighted by Gasteiger charge is 2.18. The van der Waals surface area contributed by atoms with E-state index in [-0.39, 0.29) is 18.4 Å². The van der Waals surface area contributed by atoms with E-state index in [9.17, 15) is 4.79 Å². The molecule has 0 spiro atoms. The predicted octanol–water partition coefficient (Wildman–Crippen LogP) is 4.90. The molecule has 7 heteroatoms. The second-order valence-electron chi connectivity index (χ2n) is 7.92. The van der Waals surface area contributed by atoms with Crippen LogP contribution in [0.2, 0.25) is 0 Å². The zero-order valence-corrected chi connectivity index (χ0v) is 18.6. The third-order valence-corrected chi connectivity index (χ3v) is 5.14. The highest BCUT2D eigenvalue weighted by atomic mass is 32.1. The molecule has 2 N–H and O–H groups in total. The number of carbonyl (C=O) groups excluding carboxylic acids is 1. The fraction of sp³-hybridized carbons (Fsp3) is 0.348. The molecule has 0 saturated carbocycles. The number of H-pyrrole nitrogens is 1. The van der Waals surface area contributed by atoms with Gasteiger partial charge in [0, 0.05) is 0 Å². The molecule has 3 rings (SSSR count). The molecule has 1 atom stereocenters. The number of ether oxygens (including phenoxy) is 1. The third kappa shape index (κ3) is 5.57. The van der Waals surface area contributed by atoms with Crippen molar-refractivity contribution in [2.45, 2.75) is 46.6 Å². The van der Waals surface area contributed by atoms with Gasteiger partial charge in [0.25, 0.3) is 0 Å². The van der Waals surface area contributed by atoms with Crippen molar-refractivity contribution in [1.82, 2.24) is 14.9 Å². The van der Waals surface area contributed by atoms with Gasteiger partial charge in [0.05, 0.1) is 5.92 Å². The average Bonchev–Trinajstić information content (AvgIpc) is 3.06. The van der Waals surface area contributed by atoms with Crippen LogP contribution >= 0.6 is 12.2 Å². The maximum atomic E-state index is 12.8. The molecule has 30 heavy (non-hydrogen) atoms. The minimum absolute atomic E-state index is 0.166. The van der Waals surface area contributed by atoms with Gasteiger partial charge in [-0.1, -0.05) is 55.8 Å². The molecule has 0 aliphatic heterocycles. The molecule has 1 unspecified atom stereocenters. The first-order valence-electron chi connectivity index (χ1n) is 10.1. The zero-order valence-electron chi connectivity index (χ0n) is 17.8. The number of carbonyl (C=O) groups is 1. The SMILES string of the molecule is Cc1ccc(OCc2n[nH]c(=S)n2NC(=O)C(C)c2ccc(CC(C)C)cc2)cc1. The van der Waals surface area contributed by atoms with Crippen molar-refractivity contribution in [3.05, 3.63) is 75.8 Å². The van der Waals surface area contributed by atoms with E-state index < -0.39 is 0 Å². The number of aryl methyl sites for hydroxylation is 1. The first kappa shape index (κ1) is 21.8. The monoisotopic (exact) mass is 424 g/mol. The third-order valence-electron chi connectivity index (χ3n) is 4.87. The lowest BCUT2D eigenvalue weighted by Gasteiger charge is -2.15. The van der Waals surface area contributed by atoms with Gasteiger partial charge < -0.3 is 4.74 Å². The van der Waals surface area contributed by atoms with Gasteiger partial charge in [-0.05, 0) is 61.7 Å². The first-order valence-corrected chi connectivity index (χ1v) is 10.5. The molecule has 1 heterocycles. The van der Waals surface area contributed by atoms with E-state index >= 15 is 0 Å². The van der Waals surface area contributed by atoms with Gasteiger partial charge in [-0.25, -0.2) is 4.68 Å². The lowest BCUT2D eigenvalue weighted by atomic mass is 9.96. The van der Waals surface area contributed by atoms with Gasteiger partial charge in [0.1, 0.15) is 12.4 Å². The topological polar surface area (TPSA) is 71.9 Å². The second kappa shape index (κ2) is 9.71. The number of aromatic amines is 1. The fourth-order valence-corrected chi connectivity index (χ4v) is 3.29. The Morgan fingerprint density at radius 1 is 1.13 bits per heavy atom. The summed E-state index contributed by atoms with van der Waals surface area (Å²) < 4.78 is 7.55. The lowest BCUT2D eigenvalue weighted by molar-refractivity contribution is -0.118. The minimum Gasteiger partial charge on any atom is -0.486 e. The van der Waals surface area contributed by atoms with Crippen LogP contribution in [0.15, 0.2) is 48.5 Å². The van der Waals surface area contributed by atoms with Crippen LogP contribution in [0.3, 0.4) is 0 Å². The zero-order chi connectivity index (χ0) is 21.7. The Morgan fingerprint density at radius 2 is 1.80 bits per heavy atom. The van der Waals surface area contributed by atoms with E-state index in [1.165, 1.54) is 10.2 Å². The van der Waals surface area contributed by atoms with Crippen LogP contribution < -0.4 is 10.2 Å². The number of aromatic nitrogens is 3. The van der Waals surface area contributed by atoms with Gasteiger partial charge in [-0.15, -0.1) is 0 Å². The van der Waals surface area contributed by atoms with Crippen molar-refractivity contribution in [3.63, 3.8) is 0 Å². The van der Waals surface area contributed by atoms with Crippen LogP contribution in [0.1, 0.15) is 49.2 Å². The Balaban J connectivity index is 1.66. The summed E-state index contributed by atoms with van der Waals surface area (Å²) in [4.78, 5) is 12.8. The molecule has 1 amide bonds. The predicted molar refractivity (Wildman–Crippen MR) is 121 cm³/mol. The van der Waals surface area contributed by atoms with E-state index in [0.717, 1.165) is 23.3 Å². The smallest absolute Gasteiger partial charge is 0.246 e. The average molecular weight is 425 g/mol. The Bertz CT molecular complexity index is 1040. The van der Waals surface area contributed by atoms with Crippen LogP contribution in [-0.2, 0) is 17.8 Å². The normalized spacial score (nSPS) is 12.0. The number of hydrogen-bond donors (Lipinski definition) is 2. The van der Waals surface area contributed by atoms with Crippen molar-refractivity contribution in [1.29, 1.82) is 0 Å². The highest BCUT2D eigenvalue weighted by molar-refractivity contribution is 7.71. The Hall–Kier alpha value is -2.93. The summed E-state index contributed by atoms with van der Waals surface area (Å²) in [6.45, 7) is 8.45. The maximum absolute atomic E-state index is 12.8. The molecule has 1 aromatic heterocycles. The molecule has 0 saturated heterocycles. The van der Waals surface area contributed by atoms with E-state index in [4.69, 9.17) is 17.0 Å². The standard InChI is InChI=1S/C23H28N4O2S/c1-15(2)13-18-7-9-19(10-8-18)17(4)22(28)26-27-21(24-25-23(27)30)14-29-20-11-5-16(3)6-12-20/h5-12,15,17H,13-14H2,1-4H3,(H,25,30)(H,26,28). The summed E-state index contributed by atoms with van der Waals surface area (Å²) in [6, 6.07) is 15.9. The number of amides is 1. The fourth-order valence-electron chi connectivity index (χ4n) is 3.10. The summed E-state index contributed by atoms with van der Waals surface area (Å²) in [6.07, 6.45) is 1.02. The number of hydrogen-bond acceptors (Lipinski definition) is 4. The number of nitrogens with zero attached hydrogens (tertiary/aromatic N) is 2. The Labute approximate surface area is 182 Å². The maximum Gasteiger partial charge on any atom is 0.246 e. The van der Waals surface area contributed by atoms with Gasteiger partial charge in [0.2, 0.25) is 10.7 Å². The summed E-state index contributed by atoms with van der Waals surface area (Å²) >= 11 is 5.27. The van der Waals surface area contributed by atoms with Crippen molar-refractivity contribution in [2.24, 2.45) is 5.92 Å². The largest absolute Gasteiger partial charge is 0.486 e. The van der Waals surface area contributed by atoms with Gasteiger partial charge >= 0.3 is 0 Å². The second-order valence-corrected chi connectivity index (χ2v) is 8.31. The van der Waals surface area contributed by atoms with E-state index in [1.807, 2.05) is 50.2 Å². The summed E-state index contributed by atoms with van der Waals surface area (Å²) in [7, 11) is 0. The molecule has 0 fully saturated rings. The number of benzene rings is 2. The Kier molecular flexibility index (Phi) is 7.05. The van der Waals surface area contributed by atoms with Crippen molar-refractivity contribution < 1.29 is 9.53 Å². The molecule has 158 valence electrons. The van der Waals surface area contributed by atoms with Crippen LogP contribution in [0.5, 0.6) is 5.75 Å². The lowest BCUT2D eigenvalue weighted by Crippen LogP contribution is -2.29. The highest BCUT2D eigenvalue weighted by Crippen LogP contribution is 2.18. The van der Waals surface area contributed by atoms with Crippen LogP contribution in [-0.4, -0.2) is 20.8 Å². The van der Waals surface area contributed by atoms with Crippen molar-refractivity contribution >= 4 is 18.1 Å². The molecular formula is C23H28N4O2S.